The molecule has 1 N–H and O–H groups in total. The van der Waals surface area contributed by atoms with Crippen LogP contribution in [0.15, 0.2) is 47.1 Å². The fourth-order valence-electron chi connectivity index (χ4n) is 1.23. The van der Waals surface area contributed by atoms with Gasteiger partial charge in [0.25, 0.3) is 0 Å². The summed E-state index contributed by atoms with van der Waals surface area (Å²) in [5.41, 5.74) is 0.849. The molecule has 0 aliphatic carbocycles. The van der Waals surface area contributed by atoms with E-state index in [9.17, 15) is 0 Å². The Morgan fingerprint density at radius 1 is 1.19 bits per heavy atom. The summed E-state index contributed by atoms with van der Waals surface area (Å²) in [6.45, 7) is 0.407. The third-order valence-corrected chi connectivity index (χ3v) is 2.50. The molecule has 0 fully saturated rings. The Hall–Kier alpha value is -1.55. The molecule has 1 aromatic carbocycles. The van der Waals surface area contributed by atoms with E-state index in [2.05, 4.69) is 20.9 Å². The van der Waals surface area contributed by atoms with Gasteiger partial charge in [-0.25, -0.2) is 0 Å². The number of pyridine rings is 1. The molecule has 0 amide bonds. The highest BCUT2D eigenvalue weighted by Gasteiger charge is 1.98. The van der Waals surface area contributed by atoms with Crippen LogP contribution in [0.4, 0.5) is 0 Å². The number of hydrogen-bond acceptors (Lipinski definition) is 3. The first-order chi connectivity index (χ1) is 7.74. The molecule has 4 heteroatoms. The molecule has 1 heterocycles. The van der Waals surface area contributed by atoms with Gasteiger partial charge in [-0.05, 0) is 36.4 Å². The number of aromatic hydroxyl groups is 1. The van der Waals surface area contributed by atoms with Gasteiger partial charge in [0, 0.05) is 10.7 Å². The van der Waals surface area contributed by atoms with Crippen LogP contribution in [-0.2, 0) is 6.61 Å². The smallest absolute Gasteiger partial charge is 0.130 e. The number of rotatable bonds is 3. The first-order valence-corrected chi connectivity index (χ1v) is 5.55. The summed E-state index contributed by atoms with van der Waals surface area (Å²) in [5.74, 6) is 0.938. The van der Waals surface area contributed by atoms with E-state index in [1.807, 2.05) is 12.1 Å². The van der Waals surface area contributed by atoms with E-state index in [1.54, 1.807) is 30.5 Å². The van der Waals surface area contributed by atoms with Crippen LogP contribution in [0, 0.1) is 0 Å². The predicted molar refractivity (Wildman–Crippen MR) is 64.4 cm³/mol. The maximum Gasteiger partial charge on any atom is 0.130 e. The van der Waals surface area contributed by atoms with Crippen LogP contribution in [0.3, 0.4) is 0 Å². The van der Waals surface area contributed by atoms with Crippen molar-refractivity contribution >= 4 is 15.9 Å². The first kappa shape index (κ1) is 11.0. The lowest BCUT2D eigenvalue weighted by Crippen LogP contribution is -1.97. The Morgan fingerprint density at radius 3 is 2.62 bits per heavy atom. The summed E-state index contributed by atoms with van der Waals surface area (Å²) in [6, 6.07) is 10.4. The van der Waals surface area contributed by atoms with Crippen molar-refractivity contribution in [3.05, 3.63) is 52.8 Å². The van der Waals surface area contributed by atoms with E-state index in [0.717, 1.165) is 10.2 Å². The van der Waals surface area contributed by atoms with Crippen molar-refractivity contribution in [2.24, 2.45) is 0 Å². The molecular formula is C12H10BrNO2. The molecule has 0 spiro atoms. The number of hydrogen-bond donors (Lipinski definition) is 1. The molecule has 0 aliphatic rings. The molecule has 0 bridgehead atoms. The summed E-state index contributed by atoms with van der Waals surface area (Å²) in [4.78, 5) is 4.17. The van der Waals surface area contributed by atoms with Crippen molar-refractivity contribution in [3.63, 3.8) is 0 Å². The van der Waals surface area contributed by atoms with Gasteiger partial charge >= 0.3 is 0 Å². The van der Waals surface area contributed by atoms with E-state index in [4.69, 9.17) is 9.84 Å². The Morgan fingerprint density at radius 2 is 1.94 bits per heavy atom. The minimum atomic E-state index is 0.230. The Kier molecular flexibility index (Phi) is 3.41. The number of halogens is 1. The number of ether oxygens (including phenoxy) is 1. The first-order valence-electron chi connectivity index (χ1n) is 4.76. The number of aromatic nitrogens is 1. The van der Waals surface area contributed by atoms with E-state index >= 15 is 0 Å². The van der Waals surface area contributed by atoms with E-state index in [-0.39, 0.29) is 5.75 Å². The zero-order chi connectivity index (χ0) is 11.4. The monoisotopic (exact) mass is 279 g/mol. The van der Waals surface area contributed by atoms with Crippen molar-refractivity contribution < 1.29 is 9.84 Å². The van der Waals surface area contributed by atoms with Crippen LogP contribution in [0.5, 0.6) is 11.5 Å². The van der Waals surface area contributed by atoms with E-state index < -0.39 is 0 Å². The molecule has 1 aromatic heterocycles. The lowest BCUT2D eigenvalue weighted by Gasteiger charge is -2.05. The quantitative estimate of drug-likeness (QED) is 0.939. The second-order valence-electron chi connectivity index (χ2n) is 3.25. The second-order valence-corrected chi connectivity index (χ2v) is 4.16. The zero-order valence-electron chi connectivity index (χ0n) is 8.43. The van der Waals surface area contributed by atoms with Crippen LogP contribution in [0.1, 0.15) is 5.69 Å². The Labute approximate surface area is 102 Å². The SMILES string of the molecule is Oc1ccc(OCc2cc(Br)ccn2)cc1. The van der Waals surface area contributed by atoms with Crippen LogP contribution in [0.25, 0.3) is 0 Å². The maximum absolute atomic E-state index is 9.10. The molecule has 3 nitrogen and oxygen atoms in total. The molecule has 0 radical (unpaired) electrons. The van der Waals surface area contributed by atoms with Gasteiger partial charge < -0.3 is 9.84 Å². The van der Waals surface area contributed by atoms with Gasteiger partial charge in [-0.2, -0.15) is 0 Å². The number of phenols is 1. The van der Waals surface area contributed by atoms with Crippen molar-refractivity contribution in [1.82, 2.24) is 4.98 Å². The summed E-state index contributed by atoms with van der Waals surface area (Å²) in [7, 11) is 0. The molecule has 0 atom stereocenters. The molecule has 2 rings (SSSR count). The maximum atomic E-state index is 9.10. The van der Waals surface area contributed by atoms with E-state index in [1.165, 1.54) is 0 Å². The molecule has 0 aliphatic heterocycles. The van der Waals surface area contributed by atoms with Crippen LogP contribution in [-0.4, -0.2) is 10.1 Å². The number of nitrogens with zero attached hydrogens (tertiary/aromatic N) is 1. The second kappa shape index (κ2) is 4.99. The third kappa shape index (κ3) is 2.97. The van der Waals surface area contributed by atoms with Gasteiger partial charge in [0.15, 0.2) is 0 Å². The molecule has 0 saturated carbocycles. The predicted octanol–water partition coefficient (Wildman–Crippen LogP) is 3.13. The largest absolute Gasteiger partial charge is 0.508 e. The average molecular weight is 280 g/mol. The lowest BCUT2D eigenvalue weighted by atomic mass is 10.3. The number of benzene rings is 1. The minimum absolute atomic E-state index is 0.230. The third-order valence-electron chi connectivity index (χ3n) is 2.00. The molecule has 82 valence electrons. The van der Waals surface area contributed by atoms with Gasteiger partial charge in [0.1, 0.15) is 18.1 Å². The summed E-state index contributed by atoms with van der Waals surface area (Å²) < 4.78 is 6.49. The Bertz CT molecular complexity index is 471. The highest BCUT2D eigenvalue weighted by Crippen LogP contribution is 2.17. The highest BCUT2D eigenvalue weighted by molar-refractivity contribution is 9.10. The summed E-state index contributed by atoms with van der Waals surface area (Å²) in [6.07, 6.45) is 1.72. The minimum Gasteiger partial charge on any atom is -0.508 e. The molecule has 0 unspecified atom stereocenters. The van der Waals surface area contributed by atoms with Crippen LogP contribution >= 0.6 is 15.9 Å². The Balaban J connectivity index is 1.99. The fraction of sp³-hybridized carbons (Fsp3) is 0.0833. The van der Waals surface area contributed by atoms with Crippen LogP contribution < -0.4 is 4.74 Å². The molecular weight excluding hydrogens is 270 g/mol. The van der Waals surface area contributed by atoms with Crippen molar-refractivity contribution in [2.75, 3.05) is 0 Å². The summed E-state index contributed by atoms with van der Waals surface area (Å²) in [5, 5.41) is 9.10. The van der Waals surface area contributed by atoms with Gasteiger partial charge in [-0.1, -0.05) is 15.9 Å². The highest BCUT2D eigenvalue weighted by atomic mass is 79.9. The van der Waals surface area contributed by atoms with E-state index in [0.29, 0.717) is 12.4 Å². The normalized spacial score (nSPS) is 10.1. The van der Waals surface area contributed by atoms with Gasteiger partial charge in [0.05, 0.1) is 5.69 Å². The van der Waals surface area contributed by atoms with Gasteiger partial charge in [-0.15, -0.1) is 0 Å². The summed E-state index contributed by atoms with van der Waals surface area (Å²) >= 11 is 3.37. The molecule has 16 heavy (non-hydrogen) atoms. The molecule has 2 aromatic rings. The van der Waals surface area contributed by atoms with Crippen LogP contribution in [0.2, 0.25) is 0 Å². The van der Waals surface area contributed by atoms with Crippen molar-refractivity contribution in [3.8, 4) is 11.5 Å². The fourth-order valence-corrected chi connectivity index (χ4v) is 1.61. The lowest BCUT2D eigenvalue weighted by molar-refractivity contribution is 0.300. The van der Waals surface area contributed by atoms with Crippen molar-refractivity contribution in [1.29, 1.82) is 0 Å². The number of phenolic OH excluding ortho intramolecular Hbond substituents is 1. The van der Waals surface area contributed by atoms with Gasteiger partial charge in [0.2, 0.25) is 0 Å². The zero-order valence-corrected chi connectivity index (χ0v) is 10.0. The van der Waals surface area contributed by atoms with Gasteiger partial charge in [-0.3, -0.25) is 4.98 Å². The average Bonchev–Trinajstić information content (AvgIpc) is 2.28. The molecule has 0 saturated heterocycles. The van der Waals surface area contributed by atoms with Crippen molar-refractivity contribution in [2.45, 2.75) is 6.61 Å². The topological polar surface area (TPSA) is 42.4 Å². The standard InChI is InChI=1S/C12H10BrNO2/c13-9-5-6-14-10(7-9)8-16-12-3-1-11(15)2-4-12/h1-7,15H,8H2.